The van der Waals surface area contributed by atoms with E-state index >= 15 is 4.79 Å². The highest BCUT2D eigenvalue weighted by molar-refractivity contribution is 9.10. The van der Waals surface area contributed by atoms with Gasteiger partial charge in [0.05, 0.1) is 34.5 Å². The van der Waals surface area contributed by atoms with Gasteiger partial charge in [-0.15, -0.1) is 0 Å². The number of fused-ring (bicyclic) bond motifs is 4. The largest absolute Gasteiger partial charge is 0.508 e. The van der Waals surface area contributed by atoms with Crippen molar-refractivity contribution in [3.8, 4) is 5.75 Å². The number of hydrogen-bond donors (Lipinski definition) is 4. The molecule has 1 saturated carbocycles. The van der Waals surface area contributed by atoms with E-state index in [2.05, 4.69) is 21.4 Å². The summed E-state index contributed by atoms with van der Waals surface area (Å²) in [5, 5.41) is 32.5. The lowest BCUT2D eigenvalue weighted by Crippen LogP contribution is -2.53. The number of phenols is 1. The van der Waals surface area contributed by atoms with Gasteiger partial charge in [0.2, 0.25) is 11.8 Å². The molecular formula is C38H29BBrClFN3O7. The summed E-state index contributed by atoms with van der Waals surface area (Å²) >= 11 is 9.85. The molecule has 52 heavy (non-hydrogen) atoms. The second kappa shape index (κ2) is 12.7. The van der Waals surface area contributed by atoms with E-state index in [0.717, 1.165) is 9.91 Å². The highest BCUT2D eigenvalue weighted by atomic mass is 79.9. The van der Waals surface area contributed by atoms with Crippen LogP contribution in [0.2, 0.25) is 5.02 Å². The first-order chi connectivity index (χ1) is 24.9. The van der Waals surface area contributed by atoms with E-state index < -0.39 is 71.6 Å². The van der Waals surface area contributed by atoms with Crippen LogP contribution in [0.3, 0.4) is 0 Å². The molecule has 2 saturated heterocycles. The Balaban J connectivity index is 1.32. The highest BCUT2D eigenvalue weighted by Crippen LogP contribution is 2.65. The Kier molecular flexibility index (Phi) is 8.37. The maximum absolute atomic E-state index is 15.2. The van der Waals surface area contributed by atoms with Crippen LogP contribution in [-0.2, 0) is 24.6 Å². The van der Waals surface area contributed by atoms with Gasteiger partial charge in [-0.25, -0.2) is 4.39 Å². The molecule has 0 spiro atoms. The SMILES string of the molecule is O=C1[C@@H]2C[C@@H]3C(=CC[C@@H]4C(=O)N(c5cccc(B(O)O)c5)C(=O)[C@@H]43)[C@H](c3cc(Br)ccc3O)[C@]2(c2ccc(Cl)cc2)C(=O)N1Nc1ccc(F)cc1. The maximum atomic E-state index is 15.2. The van der Waals surface area contributed by atoms with E-state index in [1.165, 1.54) is 48.5 Å². The Morgan fingerprint density at radius 1 is 0.885 bits per heavy atom. The third-order valence-corrected chi connectivity index (χ3v) is 11.7. The average Bonchev–Trinajstić information content (AvgIpc) is 3.51. The van der Waals surface area contributed by atoms with Crippen LogP contribution in [0.5, 0.6) is 5.75 Å². The van der Waals surface area contributed by atoms with Crippen molar-refractivity contribution in [2.75, 3.05) is 10.3 Å². The summed E-state index contributed by atoms with van der Waals surface area (Å²) in [5.41, 5.74) is 3.25. The van der Waals surface area contributed by atoms with Gasteiger partial charge in [0.1, 0.15) is 11.6 Å². The van der Waals surface area contributed by atoms with Crippen molar-refractivity contribution in [3.05, 3.63) is 129 Å². The minimum Gasteiger partial charge on any atom is -0.508 e. The molecule has 8 rings (SSSR count). The normalized spacial score (nSPS) is 26.6. The zero-order valence-corrected chi connectivity index (χ0v) is 29.5. The first-order valence-electron chi connectivity index (χ1n) is 16.6. The molecule has 4 N–H and O–H groups in total. The van der Waals surface area contributed by atoms with Gasteiger partial charge in [-0.3, -0.25) is 29.5 Å². The topological polar surface area (TPSA) is 147 Å². The number of carbonyl (C=O) groups excluding carboxylic acids is 4. The van der Waals surface area contributed by atoms with Crippen LogP contribution >= 0.6 is 27.5 Å². The van der Waals surface area contributed by atoms with Crippen LogP contribution in [0, 0.1) is 29.5 Å². The van der Waals surface area contributed by atoms with Gasteiger partial charge in [0.25, 0.3) is 11.8 Å². The van der Waals surface area contributed by atoms with Crippen molar-refractivity contribution in [2.45, 2.75) is 24.2 Å². The number of nitrogens with one attached hydrogen (secondary N) is 1. The number of halogens is 3. The number of hydrogen-bond acceptors (Lipinski definition) is 8. The number of rotatable bonds is 6. The molecule has 6 atom stereocenters. The molecule has 0 bridgehead atoms. The first kappa shape index (κ1) is 34.3. The van der Waals surface area contributed by atoms with Crippen LogP contribution in [0.4, 0.5) is 15.8 Å². The molecule has 3 fully saturated rings. The lowest BCUT2D eigenvalue weighted by molar-refractivity contribution is -0.138. The van der Waals surface area contributed by atoms with Crippen molar-refractivity contribution >= 4 is 75.1 Å². The molecule has 2 aliphatic carbocycles. The van der Waals surface area contributed by atoms with E-state index in [9.17, 15) is 33.9 Å². The molecule has 262 valence electrons. The summed E-state index contributed by atoms with van der Waals surface area (Å²) in [6.45, 7) is 0. The Labute approximate surface area is 310 Å². The fourth-order valence-corrected chi connectivity index (χ4v) is 9.34. The molecule has 0 aromatic heterocycles. The smallest absolute Gasteiger partial charge is 0.488 e. The third kappa shape index (κ3) is 5.13. The van der Waals surface area contributed by atoms with E-state index in [-0.39, 0.29) is 35.4 Å². The van der Waals surface area contributed by atoms with Crippen LogP contribution in [-0.4, -0.2) is 50.9 Å². The fourth-order valence-electron chi connectivity index (χ4n) is 8.84. The van der Waals surface area contributed by atoms with E-state index in [1.807, 2.05) is 6.08 Å². The molecule has 2 aliphatic heterocycles. The summed E-state index contributed by atoms with van der Waals surface area (Å²) in [6.07, 6.45) is 2.02. The molecule has 0 unspecified atom stereocenters. The van der Waals surface area contributed by atoms with E-state index in [0.29, 0.717) is 26.2 Å². The van der Waals surface area contributed by atoms with E-state index in [4.69, 9.17) is 11.6 Å². The quantitative estimate of drug-likeness (QED) is 0.124. The van der Waals surface area contributed by atoms with Gasteiger partial charge in [-0.2, -0.15) is 5.01 Å². The molecular weight excluding hydrogens is 756 g/mol. The minimum absolute atomic E-state index is 0.00924. The van der Waals surface area contributed by atoms with Crippen LogP contribution in [0.15, 0.2) is 107 Å². The number of nitrogens with zero attached hydrogens (tertiary/aromatic N) is 2. The Bertz CT molecular complexity index is 2200. The summed E-state index contributed by atoms with van der Waals surface area (Å²) in [6, 6.07) is 22.6. The zero-order valence-electron chi connectivity index (χ0n) is 27.1. The summed E-state index contributed by atoms with van der Waals surface area (Å²) in [7, 11) is -1.82. The van der Waals surface area contributed by atoms with Crippen LogP contribution in [0.1, 0.15) is 29.9 Å². The van der Waals surface area contributed by atoms with Crippen molar-refractivity contribution in [1.29, 1.82) is 0 Å². The molecule has 10 nitrogen and oxygen atoms in total. The highest BCUT2D eigenvalue weighted by Gasteiger charge is 2.70. The lowest BCUT2D eigenvalue weighted by atomic mass is 9.49. The predicted molar refractivity (Wildman–Crippen MR) is 194 cm³/mol. The summed E-state index contributed by atoms with van der Waals surface area (Å²) in [4.78, 5) is 59.5. The molecule has 4 aromatic carbocycles. The van der Waals surface area contributed by atoms with Crippen molar-refractivity contribution < 1.29 is 38.7 Å². The molecule has 4 amide bonds. The zero-order chi connectivity index (χ0) is 36.6. The first-order valence-corrected chi connectivity index (χ1v) is 17.8. The van der Waals surface area contributed by atoms with Crippen LogP contribution < -0.4 is 15.8 Å². The monoisotopic (exact) mass is 783 g/mol. The number of phenolic OH excluding ortho intramolecular Hbond substituents is 1. The minimum atomic E-state index is -1.82. The second-order valence-corrected chi connectivity index (χ2v) is 14.9. The number of carbonyl (C=O) groups is 4. The summed E-state index contributed by atoms with van der Waals surface area (Å²) < 4.78 is 14.4. The molecule has 2 heterocycles. The van der Waals surface area contributed by atoms with Crippen molar-refractivity contribution in [3.63, 3.8) is 0 Å². The third-order valence-electron chi connectivity index (χ3n) is 11.0. The van der Waals surface area contributed by atoms with Crippen LogP contribution in [0.25, 0.3) is 0 Å². The number of allylic oxidation sites excluding steroid dienone is 2. The second-order valence-electron chi connectivity index (χ2n) is 13.6. The number of imide groups is 2. The fraction of sp³-hybridized carbons (Fsp3) is 0.211. The Morgan fingerprint density at radius 2 is 1.62 bits per heavy atom. The number of amides is 4. The summed E-state index contributed by atoms with van der Waals surface area (Å²) in [5.74, 6) is -7.31. The standard InChI is InChI=1S/C38H29BBrClFN3O7/c40-21-6-15-31(46)29(17-21)33-26-13-14-27-32(36(49)44(34(27)47)25-3-1-2-20(16-25)39(51)52)28(26)18-30-35(48)45(43-24-11-9-23(42)10-12-24)37(50)38(30,33)19-4-7-22(41)8-5-19/h1-13,15-17,27-28,30,32-33,43,46,51-52H,14,18H2/t27-,28+,30-,32-,33+,38+/m0/s1. The van der Waals surface area contributed by atoms with Crippen molar-refractivity contribution in [2.24, 2.45) is 23.7 Å². The van der Waals surface area contributed by atoms with Gasteiger partial charge in [-0.1, -0.05) is 63.4 Å². The van der Waals surface area contributed by atoms with Gasteiger partial charge in [0.15, 0.2) is 0 Å². The molecule has 4 aromatic rings. The average molecular weight is 785 g/mol. The molecule has 14 heteroatoms. The maximum Gasteiger partial charge on any atom is 0.488 e. The Hall–Kier alpha value is -4.82. The van der Waals surface area contributed by atoms with Gasteiger partial charge >= 0.3 is 7.12 Å². The van der Waals surface area contributed by atoms with Gasteiger partial charge in [-0.05, 0) is 96.5 Å². The number of hydrazine groups is 1. The van der Waals surface area contributed by atoms with Crippen molar-refractivity contribution in [1.82, 2.24) is 5.01 Å². The van der Waals surface area contributed by atoms with Gasteiger partial charge in [0, 0.05) is 21.0 Å². The lowest BCUT2D eigenvalue weighted by Gasteiger charge is -2.50. The predicted octanol–water partition coefficient (Wildman–Crippen LogP) is 4.82. The number of benzene rings is 4. The molecule has 4 aliphatic rings. The van der Waals surface area contributed by atoms with Gasteiger partial charge < -0.3 is 15.2 Å². The Morgan fingerprint density at radius 3 is 2.33 bits per heavy atom. The van der Waals surface area contributed by atoms with E-state index in [1.54, 1.807) is 42.5 Å². The number of aromatic hydroxyl groups is 1. The number of anilines is 2. The molecule has 0 radical (unpaired) electrons.